The van der Waals surface area contributed by atoms with Gasteiger partial charge in [0.2, 0.25) is 0 Å². The summed E-state index contributed by atoms with van der Waals surface area (Å²) in [6, 6.07) is 1.30. The summed E-state index contributed by atoms with van der Waals surface area (Å²) < 4.78 is 0. The van der Waals surface area contributed by atoms with E-state index >= 15 is 0 Å². The van der Waals surface area contributed by atoms with Crippen molar-refractivity contribution in [3.8, 4) is 0 Å². The Labute approximate surface area is 100 Å². The van der Waals surface area contributed by atoms with Gasteiger partial charge in [0, 0.05) is 24.4 Å². The van der Waals surface area contributed by atoms with Crippen LogP contribution in [0.2, 0.25) is 0 Å². The van der Waals surface area contributed by atoms with Crippen LogP contribution in [0.3, 0.4) is 0 Å². The smallest absolute Gasteiger partial charge is 0.0192 e. The van der Waals surface area contributed by atoms with Crippen LogP contribution in [0.5, 0.6) is 0 Å². The molecule has 0 aromatic heterocycles. The predicted molar refractivity (Wildman–Crippen MR) is 72.8 cm³/mol. The number of nitrogens with zero attached hydrogens (tertiary/aromatic N) is 1. The average Bonchev–Trinajstić information content (AvgIpc) is 2.23. The quantitative estimate of drug-likeness (QED) is 0.615. The molecule has 0 heterocycles. The minimum atomic E-state index is 0.629. The Morgan fingerprint density at radius 1 is 1.27 bits per heavy atom. The van der Waals surface area contributed by atoms with Crippen LogP contribution in [0.15, 0.2) is 0 Å². The highest BCUT2D eigenvalue weighted by Gasteiger charge is 2.14. The van der Waals surface area contributed by atoms with Crippen molar-refractivity contribution in [1.29, 1.82) is 0 Å². The number of rotatable bonds is 9. The van der Waals surface area contributed by atoms with E-state index in [4.69, 9.17) is 0 Å². The predicted octanol–water partition coefficient (Wildman–Crippen LogP) is 2.45. The van der Waals surface area contributed by atoms with E-state index in [9.17, 15) is 0 Å². The molecule has 2 unspecified atom stereocenters. The van der Waals surface area contributed by atoms with E-state index in [0.29, 0.717) is 12.1 Å². The monoisotopic (exact) mass is 232 g/mol. The molecule has 0 aliphatic heterocycles. The lowest BCUT2D eigenvalue weighted by molar-refractivity contribution is 0.207. The average molecular weight is 232 g/mol. The molecule has 0 aromatic carbocycles. The lowest BCUT2D eigenvalue weighted by Gasteiger charge is -2.30. The van der Waals surface area contributed by atoms with Crippen LogP contribution < -0.4 is 5.32 Å². The maximum Gasteiger partial charge on any atom is 0.0192 e. The van der Waals surface area contributed by atoms with Crippen molar-refractivity contribution in [3.05, 3.63) is 0 Å². The highest BCUT2D eigenvalue weighted by atomic mass is 32.2. The second-order valence-corrected chi connectivity index (χ2v) is 5.29. The Morgan fingerprint density at radius 2 is 1.93 bits per heavy atom. The van der Waals surface area contributed by atoms with Crippen molar-refractivity contribution in [2.75, 3.05) is 32.1 Å². The summed E-state index contributed by atoms with van der Waals surface area (Å²) in [5.41, 5.74) is 0. The normalized spacial score (nSPS) is 15.6. The van der Waals surface area contributed by atoms with Crippen molar-refractivity contribution >= 4 is 11.8 Å². The molecule has 0 aromatic rings. The zero-order valence-corrected chi connectivity index (χ0v) is 11.9. The Bertz CT molecular complexity index is 142. The first-order valence-electron chi connectivity index (χ1n) is 6.05. The fraction of sp³-hybridized carbons (Fsp3) is 1.00. The van der Waals surface area contributed by atoms with Crippen LogP contribution in [0.4, 0.5) is 0 Å². The molecular weight excluding hydrogens is 204 g/mol. The van der Waals surface area contributed by atoms with Gasteiger partial charge >= 0.3 is 0 Å². The Kier molecular flexibility index (Phi) is 9.66. The summed E-state index contributed by atoms with van der Waals surface area (Å²) in [4.78, 5) is 2.47. The number of unbranched alkanes of at least 4 members (excludes halogenated alkanes) is 1. The van der Waals surface area contributed by atoms with Crippen LogP contribution in [0.25, 0.3) is 0 Å². The van der Waals surface area contributed by atoms with Gasteiger partial charge < -0.3 is 5.32 Å². The topological polar surface area (TPSA) is 15.3 Å². The van der Waals surface area contributed by atoms with Crippen molar-refractivity contribution < 1.29 is 0 Å². The van der Waals surface area contributed by atoms with Gasteiger partial charge in [0.05, 0.1) is 0 Å². The molecule has 0 saturated carbocycles. The molecule has 0 bridgehead atoms. The molecule has 0 amide bonds. The Hall–Kier alpha value is 0.270. The molecule has 0 radical (unpaired) electrons. The van der Waals surface area contributed by atoms with Gasteiger partial charge in [-0.1, -0.05) is 13.3 Å². The highest BCUT2D eigenvalue weighted by molar-refractivity contribution is 7.98. The van der Waals surface area contributed by atoms with Crippen molar-refractivity contribution in [3.63, 3.8) is 0 Å². The summed E-state index contributed by atoms with van der Waals surface area (Å²) in [6.07, 6.45) is 4.74. The van der Waals surface area contributed by atoms with Crippen LogP contribution >= 0.6 is 11.8 Å². The maximum atomic E-state index is 3.52. The molecule has 15 heavy (non-hydrogen) atoms. The summed E-state index contributed by atoms with van der Waals surface area (Å²) in [5, 5.41) is 3.52. The molecule has 1 N–H and O–H groups in total. The van der Waals surface area contributed by atoms with Gasteiger partial charge in [-0.25, -0.2) is 0 Å². The third-order valence-corrected chi connectivity index (χ3v) is 3.76. The zero-order valence-electron chi connectivity index (χ0n) is 11.0. The molecule has 0 saturated heterocycles. The highest BCUT2D eigenvalue weighted by Crippen LogP contribution is 2.06. The molecule has 3 heteroatoms. The van der Waals surface area contributed by atoms with Crippen molar-refractivity contribution in [1.82, 2.24) is 10.2 Å². The molecule has 92 valence electrons. The fourth-order valence-electron chi connectivity index (χ4n) is 1.55. The van der Waals surface area contributed by atoms with Gasteiger partial charge in [0.25, 0.3) is 0 Å². The van der Waals surface area contributed by atoms with Crippen LogP contribution in [0.1, 0.15) is 33.6 Å². The van der Waals surface area contributed by atoms with E-state index in [-0.39, 0.29) is 0 Å². The van der Waals surface area contributed by atoms with Crippen LogP contribution in [-0.4, -0.2) is 49.1 Å². The molecule has 0 aliphatic carbocycles. The van der Waals surface area contributed by atoms with E-state index in [1.807, 2.05) is 11.8 Å². The minimum Gasteiger partial charge on any atom is -0.315 e. The second-order valence-electron chi connectivity index (χ2n) is 4.38. The number of likely N-dealkylation sites (N-methyl/N-ethyl adjacent to an activating group) is 1. The van der Waals surface area contributed by atoms with Crippen LogP contribution in [0, 0.1) is 0 Å². The van der Waals surface area contributed by atoms with Gasteiger partial charge in [0.1, 0.15) is 0 Å². The Morgan fingerprint density at radius 3 is 2.47 bits per heavy atom. The third-order valence-electron chi connectivity index (χ3n) is 2.95. The molecule has 0 spiro atoms. The van der Waals surface area contributed by atoms with E-state index in [0.717, 1.165) is 13.1 Å². The van der Waals surface area contributed by atoms with E-state index in [1.54, 1.807) is 0 Å². The lowest BCUT2D eigenvalue weighted by Crippen LogP contribution is -2.43. The maximum absolute atomic E-state index is 3.52. The van der Waals surface area contributed by atoms with Gasteiger partial charge in [-0.3, -0.25) is 4.90 Å². The van der Waals surface area contributed by atoms with Crippen molar-refractivity contribution in [2.24, 2.45) is 0 Å². The minimum absolute atomic E-state index is 0.629. The Balaban J connectivity index is 3.63. The molecule has 0 fully saturated rings. The van der Waals surface area contributed by atoms with E-state index in [1.165, 1.54) is 18.6 Å². The summed E-state index contributed by atoms with van der Waals surface area (Å²) >= 11 is 1.93. The number of hydrogen-bond acceptors (Lipinski definition) is 3. The molecule has 0 rings (SSSR count). The summed E-state index contributed by atoms with van der Waals surface area (Å²) in [5.74, 6) is 1.22. The van der Waals surface area contributed by atoms with E-state index in [2.05, 4.69) is 44.3 Å². The number of hydrogen-bond donors (Lipinski definition) is 1. The summed E-state index contributed by atoms with van der Waals surface area (Å²) in [7, 11) is 2.23. The zero-order chi connectivity index (χ0) is 11.7. The van der Waals surface area contributed by atoms with Crippen molar-refractivity contribution in [2.45, 2.75) is 45.7 Å². The molecule has 0 aliphatic rings. The van der Waals surface area contributed by atoms with Gasteiger partial charge in [-0.15, -0.1) is 0 Å². The SMILES string of the molecule is CCCCNCC(C)N(C)C(C)CSC. The van der Waals surface area contributed by atoms with E-state index < -0.39 is 0 Å². The van der Waals surface area contributed by atoms with Crippen LogP contribution in [-0.2, 0) is 0 Å². The lowest BCUT2D eigenvalue weighted by atomic mass is 10.2. The van der Waals surface area contributed by atoms with Gasteiger partial charge in [-0.05, 0) is 40.1 Å². The fourth-order valence-corrected chi connectivity index (χ4v) is 2.27. The first-order chi connectivity index (χ1) is 7.13. The first-order valence-corrected chi connectivity index (χ1v) is 7.44. The molecular formula is C12H28N2S. The standard InChI is InChI=1S/C12H28N2S/c1-6-7-8-13-9-11(2)14(4)12(3)10-15-5/h11-13H,6-10H2,1-5H3. The summed E-state index contributed by atoms with van der Waals surface area (Å²) in [6.45, 7) is 9.10. The molecule has 2 atom stereocenters. The van der Waals surface area contributed by atoms with Gasteiger partial charge in [-0.2, -0.15) is 11.8 Å². The largest absolute Gasteiger partial charge is 0.315 e. The first kappa shape index (κ1) is 15.3. The number of nitrogens with one attached hydrogen (secondary N) is 1. The third kappa shape index (κ3) is 7.20. The molecule has 2 nitrogen and oxygen atoms in total. The van der Waals surface area contributed by atoms with Gasteiger partial charge in [0.15, 0.2) is 0 Å². The number of thioether (sulfide) groups is 1. The second kappa shape index (κ2) is 9.49.